The van der Waals surface area contributed by atoms with Crippen molar-refractivity contribution in [2.24, 2.45) is 0 Å². The lowest BCUT2D eigenvalue weighted by atomic mass is 10.2. The van der Waals surface area contributed by atoms with E-state index in [0.29, 0.717) is 39.2 Å². The molecule has 0 aliphatic rings. The molecule has 0 aliphatic heterocycles. The number of amides is 1. The van der Waals surface area contributed by atoms with Crippen molar-refractivity contribution in [3.63, 3.8) is 0 Å². The van der Waals surface area contributed by atoms with Gasteiger partial charge in [0.25, 0.3) is 11.5 Å². The van der Waals surface area contributed by atoms with Crippen LogP contribution in [0.1, 0.15) is 28.0 Å². The van der Waals surface area contributed by atoms with E-state index in [-0.39, 0.29) is 11.5 Å². The maximum Gasteiger partial charge on any atom is 0.275 e. The van der Waals surface area contributed by atoms with E-state index in [2.05, 4.69) is 15.4 Å². The molecule has 0 bridgehead atoms. The van der Waals surface area contributed by atoms with Gasteiger partial charge in [-0.3, -0.25) is 9.59 Å². The Morgan fingerprint density at radius 3 is 2.67 bits per heavy atom. The standard InChI is InChI=1S/C23H22N4O4S2/c1-4-20-26-27-21(28)12-15(24-23(27)33-20)13-32-19-8-6-5-7-16(19)25-22(29)14-9-10-17(30-2)18(11-14)31-3/h5-12H,4,13H2,1-3H3,(H,25,29). The van der Waals surface area contributed by atoms with Gasteiger partial charge >= 0.3 is 0 Å². The highest BCUT2D eigenvalue weighted by Crippen LogP contribution is 2.31. The number of hydrogen-bond donors (Lipinski definition) is 1. The van der Waals surface area contributed by atoms with Crippen LogP contribution in [0.2, 0.25) is 0 Å². The molecule has 0 unspecified atom stereocenters. The highest BCUT2D eigenvalue weighted by molar-refractivity contribution is 7.98. The number of fused-ring (bicyclic) bond motifs is 1. The molecular weight excluding hydrogens is 460 g/mol. The van der Waals surface area contributed by atoms with Gasteiger partial charge in [-0.2, -0.15) is 9.61 Å². The zero-order valence-corrected chi connectivity index (χ0v) is 20.0. The number of benzene rings is 2. The number of carbonyl (C=O) groups excluding carboxylic acids is 1. The number of aryl methyl sites for hydroxylation is 1. The van der Waals surface area contributed by atoms with E-state index in [1.165, 1.54) is 40.8 Å². The zero-order chi connectivity index (χ0) is 23.4. The molecule has 2 aromatic heterocycles. The SMILES string of the molecule is CCc1nn2c(=O)cc(CSc3ccccc3NC(=O)c3ccc(OC)c(OC)c3)nc2s1. The summed E-state index contributed by atoms with van der Waals surface area (Å²) in [7, 11) is 3.07. The number of anilines is 1. The molecule has 0 spiro atoms. The molecule has 1 N–H and O–H groups in total. The van der Waals surface area contributed by atoms with E-state index in [4.69, 9.17) is 9.47 Å². The van der Waals surface area contributed by atoms with Gasteiger partial charge in [-0.25, -0.2) is 4.98 Å². The number of nitrogens with zero attached hydrogens (tertiary/aromatic N) is 3. The summed E-state index contributed by atoms with van der Waals surface area (Å²) in [6, 6.07) is 14.0. The van der Waals surface area contributed by atoms with Crippen LogP contribution in [0.15, 0.2) is 58.2 Å². The molecule has 10 heteroatoms. The summed E-state index contributed by atoms with van der Waals surface area (Å²) < 4.78 is 11.9. The quantitative estimate of drug-likeness (QED) is 0.375. The van der Waals surface area contributed by atoms with Crippen LogP contribution in [0.4, 0.5) is 5.69 Å². The van der Waals surface area contributed by atoms with Crippen molar-refractivity contribution in [1.29, 1.82) is 0 Å². The van der Waals surface area contributed by atoms with Crippen molar-refractivity contribution in [1.82, 2.24) is 14.6 Å². The molecule has 0 fully saturated rings. The van der Waals surface area contributed by atoms with Gasteiger partial charge in [0.15, 0.2) is 11.5 Å². The minimum atomic E-state index is -0.265. The molecular formula is C23H22N4O4S2. The summed E-state index contributed by atoms with van der Waals surface area (Å²) in [5.41, 5.74) is 1.59. The summed E-state index contributed by atoms with van der Waals surface area (Å²) in [4.78, 5) is 31.3. The van der Waals surface area contributed by atoms with Crippen LogP contribution in [0.25, 0.3) is 4.96 Å². The third-order valence-corrected chi connectivity index (χ3v) is 6.96. The molecule has 0 saturated carbocycles. The van der Waals surface area contributed by atoms with Crippen molar-refractivity contribution >= 4 is 39.7 Å². The van der Waals surface area contributed by atoms with Crippen molar-refractivity contribution in [2.75, 3.05) is 19.5 Å². The molecule has 2 aromatic carbocycles. The van der Waals surface area contributed by atoms with Gasteiger partial charge < -0.3 is 14.8 Å². The average molecular weight is 483 g/mol. The molecule has 0 saturated heterocycles. The maximum atomic E-state index is 12.9. The van der Waals surface area contributed by atoms with Gasteiger partial charge in [0.05, 0.1) is 25.6 Å². The van der Waals surface area contributed by atoms with E-state index in [9.17, 15) is 9.59 Å². The number of rotatable bonds is 8. The van der Waals surface area contributed by atoms with E-state index in [1.807, 2.05) is 31.2 Å². The van der Waals surface area contributed by atoms with E-state index in [1.54, 1.807) is 25.3 Å². The number of para-hydroxylation sites is 1. The minimum absolute atomic E-state index is 0.193. The lowest BCUT2D eigenvalue weighted by Crippen LogP contribution is -2.15. The number of carbonyl (C=O) groups is 1. The summed E-state index contributed by atoms with van der Waals surface area (Å²) in [5, 5.41) is 8.10. The lowest BCUT2D eigenvalue weighted by Gasteiger charge is -2.12. The average Bonchev–Trinajstić information content (AvgIpc) is 3.27. The molecule has 2 heterocycles. The van der Waals surface area contributed by atoms with Crippen molar-refractivity contribution in [3.05, 3.63) is 75.1 Å². The van der Waals surface area contributed by atoms with Crippen LogP contribution in [0.5, 0.6) is 11.5 Å². The van der Waals surface area contributed by atoms with E-state index in [0.717, 1.165) is 16.3 Å². The first-order valence-electron chi connectivity index (χ1n) is 10.2. The number of aromatic nitrogens is 3. The number of methoxy groups -OCH3 is 2. The van der Waals surface area contributed by atoms with Gasteiger partial charge in [-0.1, -0.05) is 30.4 Å². The minimum Gasteiger partial charge on any atom is -0.493 e. The number of thioether (sulfide) groups is 1. The van der Waals surface area contributed by atoms with Crippen molar-refractivity contribution in [2.45, 2.75) is 24.0 Å². The molecule has 4 aromatic rings. The Labute approximate surface area is 198 Å². The Kier molecular flexibility index (Phi) is 6.95. The first-order valence-corrected chi connectivity index (χ1v) is 12.0. The Balaban J connectivity index is 1.52. The smallest absolute Gasteiger partial charge is 0.275 e. The summed E-state index contributed by atoms with van der Waals surface area (Å²) in [6.07, 6.45) is 0.755. The summed E-state index contributed by atoms with van der Waals surface area (Å²) in [6.45, 7) is 1.99. The molecule has 0 radical (unpaired) electrons. The fourth-order valence-electron chi connectivity index (χ4n) is 3.13. The number of ether oxygens (including phenoxy) is 2. The highest BCUT2D eigenvalue weighted by atomic mass is 32.2. The molecule has 1 amide bonds. The molecule has 4 rings (SSSR count). The first-order chi connectivity index (χ1) is 16.0. The van der Waals surface area contributed by atoms with Gasteiger partial charge in [0.2, 0.25) is 4.96 Å². The van der Waals surface area contributed by atoms with Gasteiger partial charge in [0, 0.05) is 22.3 Å². The predicted molar refractivity (Wildman–Crippen MR) is 130 cm³/mol. The van der Waals surface area contributed by atoms with Gasteiger partial charge in [-0.15, -0.1) is 11.8 Å². The van der Waals surface area contributed by atoms with Crippen LogP contribution >= 0.6 is 23.1 Å². The van der Waals surface area contributed by atoms with Crippen LogP contribution in [-0.2, 0) is 12.2 Å². The molecule has 0 atom stereocenters. The normalized spacial score (nSPS) is 10.9. The molecule has 33 heavy (non-hydrogen) atoms. The maximum absolute atomic E-state index is 12.9. The predicted octanol–water partition coefficient (Wildman–Crippen LogP) is 4.28. The second kappa shape index (κ2) is 10.1. The Hall–Kier alpha value is -3.37. The Morgan fingerprint density at radius 2 is 1.91 bits per heavy atom. The summed E-state index contributed by atoms with van der Waals surface area (Å²) >= 11 is 2.91. The van der Waals surface area contributed by atoms with Crippen molar-refractivity contribution in [3.8, 4) is 11.5 Å². The first kappa shape index (κ1) is 22.8. The monoisotopic (exact) mass is 482 g/mol. The molecule has 170 valence electrons. The largest absolute Gasteiger partial charge is 0.493 e. The van der Waals surface area contributed by atoms with Gasteiger partial charge in [-0.05, 0) is 36.8 Å². The van der Waals surface area contributed by atoms with Crippen LogP contribution in [-0.4, -0.2) is 34.7 Å². The van der Waals surface area contributed by atoms with Crippen LogP contribution in [0.3, 0.4) is 0 Å². The third-order valence-electron chi connectivity index (χ3n) is 4.80. The number of nitrogens with one attached hydrogen (secondary N) is 1. The van der Waals surface area contributed by atoms with Crippen molar-refractivity contribution < 1.29 is 14.3 Å². The second-order valence-corrected chi connectivity index (χ2v) is 9.00. The molecule has 0 aliphatic carbocycles. The lowest BCUT2D eigenvalue weighted by molar-refractivity contribution is 0.102. The molecule has 8 nitrogen and oxygen atoms in total. The van der Waals surface area contributed by atoms with E-state index < -0.39 is 0 Å². The fourth-order valence-corrected chi connectivity index (χ4v) is 4.89. The zero-order valence-electron chi connectivity index (χ0n) is 18.3. The van der Waals surface area contributed by atoms with Gasteiger partial charge in [0.1, 0.15) is 5.01 Å². The summed E-state index contributed by atoms with van der Waals surface area (Å²) in [5.74, 6) is 1.25. The van der Waals surface area contributed by atoms with Crippen LogP contribution < -0.4 is 20.3 Å². The second-order valence-electron chi connectivity index (χ2n) is 6.94. The Morgan fingerprint density at radius 1 is 1.12 bits per heavy atom. The number of hydrogen-bond acceptors (Lipinski definition) is 8. The Bertz CT molecular complexity index is 1370. The highest BCUT2D eigenvalue weighted by Gasteiger charge is 2.14. The fraction of sp³-hybridized carbons (Fsp3) is 0.217. The van der Waals surface area contributed by atoms with E-state index >= 15 is 0 Å². The third kappa shape index (κ3) is 5.01. The van der Waals surface area contributed by atoms with Crippen LogP contribution in [0, 0.1) is 0 Å². The topological polar surface area (TPSA) is 94.8 Å².